The van der Waals surface area contributed by atoms with Gasteiger partial charge in [0.2, 0.25) is 0 Å². The summed E-state index contributed by atoms with van der Waals surface area (Å²) < 4.78 is 13.4. The second kappa shape index (κ2) is 4.89. The summed E-state index contributed by atoms with van der Waals surface area (Å²) in [6, 6.07) is 2.44. The number of benzene rings is 1. The van der Waals surface area contributed by atoms with Gasteiger partial charge in [-0.05, 0) is 37.8 Å². The Balaban J connectivity index is 2.30. The van der Waals surface area contributed by atoms with Crippen molar-refractivity contribution in [1.29, 1.82) is 0 Å². The van der Waals surface area contributed by atoms with E-state index >= 15 is 0 Å². The van der Waals surface area contributed by atoms with Crippen LogP contribution in [0.4, 0.5) is 15.8 Å². The molecule has 6 heteroatoms. The third kappa shape index (κ3) is 2.43. The molecular weight excluding hydrogens is 237 g/mol. The van der Waals surface area contributed by atoms with Crippen LogP contribution in [0, 0.1) is 22.9 Å². The zero-order valence-electron chi connectivity index (χ0n) is 10.1. The van der Waals surface area contributed by atoms with Gasteiger partial charge in [-0.2, -0.15) is 0 Å². The van der Waals surface area contributed by atoms with Crippen LogP contribution in [-0.2, 0) is 0 Å². The predicted octanol–water partition coefficient (Wildman–Crippen LogP) is 2.33. The van der Waals surface area contributed by atoms with E-state index in [4.69, 9.17) is 5.73 Å². The number of hydrogen-bond donors (Lipinski definition) is 2. The fourth-order valence-corrected chi connectivity index (χ4v) is 2.31. The first-order valence-electron chi connectivity index (χ1n) is 5.95. The minimum absolute atomic E-state index is 0.00466. The summed E-state index contributed by atoms with van der Waals surface area (Å²) in [5, 5.41) is 14.0. The molecule has 0 bridgehead atoms. The molecule has 5 nitrogen and oxygen atoms in total. The normalized spacial score (nSPS) is 23.1. The number of nitrogens with two attached hydrogens (primary N) is 1. The Morgan fingerprint density at radius 1 is 1.50 bits per heavy atom. The van der Waals surface area contributed by atoms with Gasteiger partial charge in [-0.3, -0.25) is 10.1 Å². The molecule has 1 fully saturated rings. The highest BCUT2D eigenvalue weighted by Crippen LogP contribution is 2.30. The van der Waals surface area contributed by atoms with Gasteiger partial charge in [0, 0.05) is 12.1 Å². The van der Waals surface area contributed by atoms with Gasteiger partial charge in [0.1, 0.15) is 11.5 Å². The highest BCUT2D eigenvalue weighted by Gasteiger charge is 2.26. The summed E-state index contributed by atoms with van der Waals surface area (Å²) in [4.78, 5) is 10.3. The lowest BCUT2D eigenvalue weighted by Crippen LogP contribution is -2.35. The molecule has 0 amide bonds. The minimum atomic E-state index is -0.578. The fourth-order valence-electron chi connectivity index (χ4n) is 2.31. The van der Waals surface area contributed by atoms with Gasteiger partial charge in [0.15, 0.2) is 0 Å². The first kappa shape index (κ1) is 12.8. The smallest absolute Gasteiger partial charge is 0.295 e. The van der Waals surface area contributed by atoms with Crippen molar-refractivity contribution in [1.82, 2.24) is 0 Å². The molecule has 18 heavy (non-hydrogen) atoms. The number of nitrogens with one attached hydrogen (secondary N) is 1. The van der Waals surface area contributed by atoms with Crippen LogP contribution in [0.5, 0.6) is 0 Å². The Bertz CT molecular complexity index is 479. The van der Waals surface area contributed by atoms with Crippen molar-refractivity contribution in [2.75, 3.05) is 5.32 Å². The minimum Gasteiger partial charge on any atom is -0.375 e. The number of nitro groups is 1. The molecule has 98 valence electrons. The van der Waals surface area contributed by atoms with Gasteiger partial charge in [0.25, 0.3) is 5.69 Å². The zero-order chi connectivity index (χ0) is 13.3. The maximum Gasteiger partial charge on any atom is 0.295 e. The van der Waals surface area contributed by atoms with E-state index < -0.39 is 10.7 Å². The zero-order valence-corrected chi connectivity index (χ0v) is 10.1. The van der Waals surface area contributed by atoms with Crippen molar-refractivity contribution in [2.24, 2.45) is 5.73 Å². The van der Waals surface area contributed by atoms with Gasteiger partial charge in [-0.25, -0.2) is 4.39 Å². The SMILES string of the molecule is Cc1cc(NC2CCCC2N)c([N+](=O)[O-])cc1F. The Morgan fingerprint density at radius 2 is 2.22 bits per heavy atom. The van der Waals surface area contributed by atoms with Crippen LogP contribution < -0.4 is 11.1 Å². The van der Waals surface area contributed by atoms with Crippen molar-refractivity contribution in [3.63, 3.8) is 0 Å². The van der Waals surface area contributed by atoms with E-state index in [-0.39, 0.29) is 17.8 Å². The second-order valence-corrected chi connectivity index (χ2v) is 4.72. The van der Waals surface area contributed by atoms with Crippen LogP contribution in [-0.4, -0.2) is 17.0 Å². The standard InChI is InChI=1S/C12H16FN3O2/c1-7-5-11(12(16(17)18)6-8(7)13)15-10-4-2-3-9(10)14/h5-6,9-10,15H,2-4,14H2,1H3. The third-order valence-electron chi connectivity index (χ3n) is 3.38. The van der Waals surface area contributed by atoms with Crippen molar-refractivity contribution >= 4 is 11.4 Å². The Kier molecular flexibility index (Phi) is 3.47. The van der Waals surface area contributed by atoms with E-state index in [9.17, 15) is 14.5 Å². The van der Waals surface area contributed by atoms with E-state index in [1.54, 1.807) is 6.92 Å². The largest absolute Gasteiger partial charge is 0.375 e. The lowest BCUT2D eigenvalue weighted by molar-refractivity contribution is -0.384. The molecule has 0 saturated heterocycles. The molecule has 2 rings (SSSR count). The van der Waals surface area contributed by atoms with Crippen molar-refractivity contribution in [3.8, 4) is 0 Å². The molecule has 1 aliphatic rings. The van der Waals surface area contributed by atoms with Gasteiger partial charge >= 0.3 is 0 Å². The highest BCUT2D eigenvalue weighted by atomic mass is 19.1. The van der Waals surface area contributed by atoms with Crippen molar-refractivity contribution < 1.29 is 9.31 Å². The maximum absolute atomic E-state index is 13.4. The van der Waals surface area contributed by atoms with Gasteiger partial charge in [0.05, 0.1) is 11.0 Å². The van der Waals surface area contributed by atoms with Gasteiger partial charge in [-0.1, -0.05) is 0 Å². The van der Waals surface area contributed by atoms with E-state index in [0.29, 0.717) is 11.3 Å². The molecule has 0 radical (unpaired) electrons. The predicted molar refractivity (Wildman–Crippen MR) is 67.0 cm³/mol. The average Bonchev–Trinajstić information content (AvgIpc) is 2.69. The van der Waals surface area contributed by atoms with E-state index in [0.717, 1.165) is 25.3 Å². The van der Waals surface area contributed by atoms with Gasteiger partial charge in [-0.15, -0.1) is 0 Å². The molecule has 1 aliphatic carbocycles. The van der Waals surface area contributed by atoms with E-state index in [1.165, 1.54) is 6.07 Å². The quantitative estimate of drug-likeness (QED) is 0.640. The number of nitro benzene ring substituents is 1. The summed E-state index contributed by atoms with van der Waals surface area (Å²) in [5.74, 6) is -0.567. The molecule has 0 aliphatic heterocycles. The molecule has 1 aromatic carbocycles. The Labute approximate surface area is 104 Å². The van der Waals surface area contributed by atoms with Crippen LogP contribution in [0.3, 0.4) is 0 Å². The molecule has 2 unspecified atom stereocenters. The van der Waals surface area contributed by atoms with E-state index in [1.807, 2.05) is 0 Å². The summed E-state index contributed by atoms with van der Waals surface area (Å²) in [6.07, 6.45) is 2.80. The summed E-state index contributed by atoms with van der Waals surface area (Å²) in [6.45, 7) is 1.58. The fraction of sp³-hybridized carbons (Fsp3) is 0.500. The van der Waals surface area contributed by atoms with Crippen LogP contribution >= 0.6 is 0 Å². The number of halogens is 1. The number of aryl methyl sites for hydroxylation is 1. The summed E-state index contributed by atoms with van der Waals surface area (Å²) in [5.41, 5.74) is 6.41. The second-order valence-electron chi connectivity index (χ2n) is 4.72. The maximum atomic E-state index is 13.4. The molecule has 0 heterocycles. The van der Waals surface area contributed by atoms with Crippen LogP contribution in [0.15, 0.2) is 12.1 Å². The van der Waals surface area contributed by atoms with Crippen molar-refractivity contribution in [2.45, 2.75) is 38.3 Å². The summed E-state index contributed by atoms with van der Waals surface area (Å²) >= 11 is 0. The monoisotopic (exact) mass is 253 g/mol. The lowest BCUT2D eigenvalue weighted by atomic mass is 10.1. The number of nitrogens with zero attached hydrogens (tertiary/aromatic N) is 1. The van der Waals surface area contributed by atoms with Crippen LogP contribution in [0.25, 0.3) is 0 Å². The topological polar surface area (TPSA) is 81.2 Å². The Morgan fingerprint density at radius 3 is 2.78 bits per heavy atom. The third-order valence-corrected chi connectivity index (χ3v) is 3.38. The molecule has 3 N–H and O–H groups in total. The molecule has 1 saturated carbocycles. The number of anilines is 1. The molecule has 0 spiro atoms. The first-order valence-corrected chi connectivity index (χ1v) is 5.95. The van der Waals surface area contributed by atoms with Gasteiger partial charge < -0.3 is 11.1 Å². The summed E-state index contributed by atoms with van der Waals surface area (Å²) in [7, 11) is 0. The van der Waals surface area contributed by atoms with Crippen LogP contribution in [0.2, 0.25) is 0 Å². The molecule has 0 aromatic heterocycles. The highest BCUT2D eigenvalue weighted by molar-refractivity contribution is 5.63. The number of rotatable bonds is 3. The average molecular weight is 253 g/mol. The molecule has 1 aromatic rings. The van der Waals surface area contributed by atoms with E-state index in [2.05, 4.69) is 5.32 Å². The lowest BCUT2D eigenvalue weighted by Gasteiger charge is -2.18. The first-order chi connectivity index (χ1) is 8.49. The number of hydrogen-bond acceptors (Lipinski definition) is 4. The molecular formula is C12H16FN3O2. The Hall–Kier alpha value is -1.69. The molecule has 2 atom stereocenters. The van der Waals surface area contributed by atoms with Crippen LogP contribution in [0.1, 0.15) is 24.8 Å². The van der Waals surface area contributed by atoms with Crippen molar-refractivity contribution in [3.05, 3.63) is 33.6 Å².